The van der Waals surface area contributed by atoms with Gasteiger partial charge in [-0.2, -0.15) is 4.57 Å². The monoisotopic (exact) mass is 683 g/mol. The van der Waals surface area contributed by atoms with Crippen molar-refractivity contribution in [3.63, 3.8) is 0 Å². The van der Waals surface area contributed by atoms with Crippen LogP contribution in [-0.2, 0) is 37.0 Å². The number of nitrogens with zero attached hydrogens (tertiary/aromatic N) is 2. The molecular formula is C33H35N2O8S3-. The first-order chi connectivity index (χ1) is 21.8. The Hall–Kier alpha value is -3.62. The maximum atomic E-state index is 11.2. The molecule has 0 radical (unpaired) electrons. The average Bonchev–Trinajstić information content (AvgIpc) is 3.44. The van der Waals surface area contributed by atoms with Crippen LogP contribution < -0.4 is 14.2 Å². The normalized spacial score (nSPS) is 15.7. The highest BCUT2D eigenvalue weighted by Gasteiger charge is 2.40. The van der Waals surface area contributed by atoms with Crippen LogP contribution in [0.15, 0.2) is 72.4 Å². The number of benzene rings is 3. The van der Waals surface area contributed by atoms with Crippen molar-refractivity contribution in [1.82, 2.24) is 0 Å². The molecule has 10 nitrogen and oxygen atoms in total. The molecule has 0 aliphatic carbocycles. The maximum absolute atomic E-state index is 11.2. The molecule has 0 atom stereocenters. The van der Waals surface area contributed by atoms with Crippen molar-refractivity contribution < 1.29 is 40.0 Å². The van der Waals surface area contributed by atoms with E-state index in [1.807, 2.05) is 48.6 Å². The fourth-order valence-electron chi connectivity index (χ4n) is 6.06. The maximum Gasteiger partial charge on any atom is 0.298 e. The van der Waals surface area contributed by atoms with E-state index in [1.165, 1.54) is 0 Å². The van der Waals surface area contributed by atoms with Crippen LogP contribution in [0.25, 0.3) is 27.1 Å². The Morgan fingerprint density at radius 2 is 1.65 bits per heavy atom. The van der Waals surface area contributed by atoms with Crippen molar-refractivity contribution >= 4 is 70.8 Å². The molecule has 0 fully saturated rings. The Labute approximate surface area is 273 Å². The number of carbonyl (C=O) groups excluding carboxylic acids is 1. The Bertz CT molecular complexity index is 2050. The highest BCUT2D eigenvalue weighted by Crippen LogP contribution is 2.49. The molecular weight excluding hydrogens is 649 g/mol. The van der Waals surface area contributed by atoms with Crippen molar-refractivity contribution in [2.24, 2.45) is 0 Å². The summed E-state index contributed by atoms with van der Waals surface area (Å²) in [6.45, 7) is 5.53. The quantitative estimate of drug-likeness (QED) is 0.0755. The van der Waals surface area contributed by atoms with Crippen LogP contribution in [-0.4, -0.2) is 50.5 Å². The first kappa shape index (κ1) is 33.7. The second-order valence-corrected chi connectivity index (χ2v) is 15.9. The molecule has 0 amide bonds. The molecule has 46 heavy (non-hydrogen) atoms. The van der Waals surface area contributed by atoms with E-state index in [0.29, 0.717) is 38.2 Å². The molecule has 5 rings (SSSR count). The van der Waals surface area contributed by atoms with Crippen molar-refractivity contribution in [3.05, 3.63) is 83.0 Å². The zero-order valence-corrected chi connectivity index (χ0v) is 28.0. The minimum absolute atomic E-state index is 0.233. The standard InChI is InChI=1S/C33H36N2O8S3/c1-33(2)27-22-25(43-23-36)15-16-28(27)34(18-5-7-20-45(37,38)39)30(33)12-9-13-31-35(19-6-8-21-46(40,41)42)32-26-11-4-3-10-24(26)14-17-29(32)44-31/h3-4,9-17,22-23H,5-8,18-21H2,1-2H3,(H-,37,38,39,40,41,42)/p-1. The third kappa shape index (κ3) is 7.67. The molecule has 0 spiro atoms. The fraction of sp³-hybridized carbons (Fsp3) is 0.333. The van der Waals surface area contributed by atoms with E-state index < -0.39 is 37.2 Å². The second kappa shape index (κ2) is 13.6. The lowest BCUT2D eigenvalue weighted by molar-refractivity contribution is -0.668. The smallest absolute Gasteiger partial charge is 0.298 e. The number of thiazole rings is 1. The zero-order chi connectivity index (χ0) is 33.1. The van der Waals surface area contributed by atoms with Gasteiger partial charge in [0.1, 0.15) is 10.4 Å². The van der Waals surface area contributed by atoms with Gasteiger partial charge < -0.3 is 18.7 Å². The number of aryl methyl sites for hydroxylation is 1. The van der Waals surface area contributed by atoms with Gasteiger partial charge in [-0.15, -0.1) is 0 Å². The van der Waals surface area contributed by atoms with E-state index in [4.69, 9.17) is 4.74 Å². The Morgan fingerprint density at radius 1 is 0.935 bits per heavy atom. The number of rotatable bonds is 14. The molecule has 244 valence electrons. The number of hydrogen-bond acceptors (Lipinski definition) is 10. The highest BCUT2D eigenvalue weighted by molar-refractivity contribution is 7.85. The Balaban J connectivity index is 1.51. The first-order valence-corrected chi connectivity index (χ1v) is 18.9. The number of carbonyl (C=O) groups is 1. The van der Waals surface area contributed by atoms with Crippen LogP contribution in [0.5, 0.6) is 5.75 Å². The van der Waals surface area contributed by atoms with Gasteiger partial charge in [0.05, 0.1) is 25.6 Å². The van der Waals surface area contributed by atoms with Gasteiger partial charge in [-0.3, -0.25) is 4.79 Å². The van der Waals surface area contributed by atoms with Gasteiger partial charge in [-0.05, 0) is 66.6 Å². The van der Waals surface area contributed by atoms with Crippen LogP contribution in [0.4, 0.5) is 5.69 Å². The van der Waals surface area contributed by atoms with Crippen LogP contribution in [0, 0.1) is 0 Å². The van der Waals surface area contributed by atoms with Crippen LogP contribution in [0.1, 0.15) is 50.1 Å². The number of ether oxygens (including phenoxy) is 1. The van der Waals surface area contributed by atoms with E-state index >= 15 is 0 Å². The van der Waals surface area contributed by atoms with Crippen molar-refractivity contribution in [1.29, 1.82) is 0 Å². The molecule has 13 heteroatoms. The summed E-state index contributed by atoms with van der Waals surface area (Å²) in [5.74, 6) is -0.414. The van der Waals surface area contributed by atoms with Crippen LogP contribution in [0.2, 0.25) is 0 Å². The lowest BCUT2D eigenvalue weighted by Gasteiger charge is -2.27. The molecule has 0 saturated carbocycles. The van der Waals surface area contributed by atoms with Gasteiger partial charge in [0, 0.05) is 47.3 Å². The highest BCUT2D eigenvalue weighted by atomic mass is 32.2. The predicted molar refractivity (Wildman–Crippen MR) is 178 cm³/mol. The SMILES string of the molecule is CC1(C)C(=CC=Cc2sc3ccc4ccccc4c3[n+]2CCCCS(=O)(=O)[O-])N(CCCCS(=O)(=O)[O-])c2ccc(OC=O)cc21. The van der Waals surface area contributed by atoms with Crippen LogP contribution in [0.3, 0.4) is 0 Å². The number of anilines is 1. The summed E-state index contributed by atoms with van der Waals surface area (Å²) >= 11 is 1.62. The largest absolute Gasteiger partial charge is 0.748 e. The first-order valence-electron chi connectivity index (χ1n) is 14.9. The zero-order valence-electron chi connectivity index (χ0n) is 25.5. The molecule has 1 aliphatic rings. The minimum Gasteiger partial charge on any atom is -0.748 e. The van der Waals surface area contributed by atoms with Crippen molar-refractivity contribution in [2.45, 2.75) is 51.5 Å². The summed E-state index contributed by atoms with van der Waals surface area (Å²) in [5, 5.41) is 3.12. The molecule has 1 aliphatic heterocycles. The van der Waals surface area contributed by atoms with Gasteiger partial charge in [0.2, 0.25) is 5.52 Å². The summed E-state index contributed by atoms with van der Waals surface area (Å²) in [7, 11) is -8.60. The fourth-order valence-corrected chi connectivity index (χ4v) is 8.30. The Morgan fingerprint density at radius 3 is 2.37 bits per heavy atom. The second-order valence-electron chi connectivity index (χ2n) is 11.7. The number of allylic oxidation sites excluding steroid dienone is 3. The molecule has 2 heterocycles. The van der Waals surface area contributed by atoms with Gasteiger partial charge in [0.15, 0.2) is 6.54 Å². The van der Waals surface area contributed by atoms with E-state index in [9.17, 15) is 30.7 Å². The number of unbranched alkanes of at least 4 members (excludes halogenated alkanes) is 2. The van der Waals surface area contributed by atoms with E-state index in [-0.39, 0.29) is 12.8 Å². The number of fused-ring (bicyclic) bond motifs is 4. The van der Waals surface area contributed by atoms with Gasteiger partial charge in [0.25, 0.3) is 11.5 Å². The summed E-state index contributed by atoms with van der Waals surface area (Å²) in [6.07, 6.45) is 7.49. The predicted octanol–water partition coefficient (Wildman–Crippen LogP) is 5.22. The topological polar surface area (TPSA) is 148 Å². The van der Waals surface area contributed by atoms with E-state index in [1.54, 1.807) is 17.4 Å². The molecule has 4 aromatic rings. The van der Waals surface area contributed by atoms with Gasteiger partial charge >= 0.3 is 0 Å². The lowest BCUT2D eigenvalue weighted by Crippen LogP contribution is -2.35. The van der Waals surface area contributed by atoms with Gasteiger partial charge in [-0.25, -0.2) is 16.8 Å². The van der Waals surface area contributed by atoms with E-state index in [0.717, 1.165) is 42.9 Å². The van der Waals surface area contributed by atoms with E-state index in [2.05, 4.69) is 41.5 Å². The molecule has 0 N–H and O–H groups in total. The third-order valence-corrected chi connectivity index (χ3v) is 10.9. The van der Waals surface area contributed by atoms with Gasteiger partial charge in [-0.1, -0.05) is 55.5 Å². The lowest BCUT2D eigenvalue weighted by atomic mass is 9.83. The summed E-state index contributed by atoms with van der Waals surface area (Å²) in [4.78, 5) is 13.1. The molecule has 1 aromatic heterocycles. The summed E-state index contributed by atoms with van der Waals surface area (Å²) in [5.41, 5.74) is 3.35. The summed E-state index contributed by atoms with van der Waals surface area (Å²) < 4.78 is 75.5. The molecule has 0 saturated heterocycles. The number of aromatic nitrogens is 1. The molecule has 0 bridgehead atoms. The molecule has 3 aromatic carbocycles. The summed E-state index contributed by atoms with van der Waals surface area (Å²) in [6, 6.07) is 17.7. The Kier molecular flexibility index (Phi) is 9.99. The average molecular weight is 684 g/mol. The number of hydrogen-bond donors (Lipinski definition) is 0. The van der Waals surface area contributed by atoms with Crippen molar-refractivity contribution in [3.8, 4) is 5.75 Å². The molecule has 0 unspecified atom stereocenters. The van der Waals surface area contributed by atoms with Crippen LogP contribution >= 0.6 is 11.3 Å². The minimum atomic E-state index is -4.31. The van der Waals surface area contributed by atoms with Crippen molar-refractivity contribution in [2.75, 3.05) is 23.0 Å². The third-order valence-electron chi connectivity index (χ3n) is 8.21.